The van der Waals surface area contributed by atoms with Crippen LogP contribution >= 0.6 is 35.0 Å². The van der Waals surface area contributed by atoms with E-state index in [0.717, 1.165) is 22.9 Å². The molecule has 0 fully saturated rings. The number of hydrogen-bond donors (Lipinski definition) is 0. The topological polar surface area (TPSA) is 3.24 Å². The number of likely N-dealkylation sites (N-methyl/N-ethyl adjacent to an activating group) is 1. The molecule has 4 heteroatoms. The first kappa shape index (κ1) is 18.4. The largest absolute Gasteiger partial charge is 0.306 e. The molecule has 0 unspecified atom stereocenters. The van der Waals surface area contributed by atoms with E-state index in [-0.39, 0.29) is 0 Å². The maximum absolute atomic E-state index is 6.21. The number of nitrogens with zero attached hydrogens (tertiary/aromatic N) is 1. The molecule has 0 aromatic heterocycles. The third-order valence-corrected chi connectivity index (χ3v) is 5.13. The van der Waals surface area contributed by atoms with Crippen LogP contribution < -0.4 is 0 Å². The SMILES string of the molecule is CC(=CCN(C)C)c1ccc(SCc2ccc(Cl)cc2Cl)cc1. The summed E-state index contributed by atoms with van der Waals surface area (Å²) in [4.78, 5) is 3.39. The molecule has 0 spiro atoms. The summed E-state index contributed by atoms with van der Waals surface area (Å²) in [6, 6.07) is 14.3. The Hall–Kier alpha value is -0.930. The third kappa shape index (κ3) is 5.89. The van der Waals surface area contributed by atoms with Gasteiger partial charge in [0.05, 0.1) is 0 Å². The van der Waals surface area contributed by atoms with Crippen LogP contribution in [0.2, 0.25) is 10.0 Å². The second-order valence-electron chi connectivity index (χ2n) is 5.70. The van der Waals surface area contributed by atoms with Crippen LogP contribution in [-0.4, -0.2) is 25.5 Å². The Morgan fingerprint density at radius 1 is 1.09 bits per heavy atom. The van der Waals surface area contributed by atoms with Gasteiger partial charge in [-0.1, -0.05) is 47.5 Å². The normalized spacial score (nSPS) is 12.0. The van der Waals surface area contributed by atoms with Crippen molar-refractivity contribution in [1.29, 1.82) is 0 Å². The number of benzene rings is 2. The number of allylic oxidation sites excluding steroid dienone is 1. The van der Waals surface area contributed by atoms with Gasteiger partial charge in [0, 0.05) is 27.2 Å². The molecule has 0 bridgehead atoms. The minimum Gasteiger partial charge on any atom is -0.306 e. The molecule has 23 heavy (non-hydrogen) atoms. The molecule has 0 heterocycles. The van der Waals surface area contributed by atoms with Crippen LogP contribution in [0.1, 0.15) is 18.1 Å². The van der Waals surface area contributed by atoms with Crippen molar-refractivity contribution in [2.45, 2.75) is 17.6 Å². The summed E-state index contributed by atoms with van der Waals surface area (Å²) in [6.07, 6.45) is 2.25. The maximum atomic E-state index is 6.21. The van der Waals surface area contributed by atoms with Gasteiger partial charge in [0.1, 0.15) is 0 Å². The van der Waals surface area contributed by atoms with Crippen LogP contribution in [0.5, 0.6) is 0 Å². The zero-order valence-electron chi connectivity index (χ0n) is 13.6. The van der Waals surface area contributed by atoms with Gasteiger partial charge in [-0.3, -0.25) is 0 Å². The molecule has 0 aliphatic carbocycles. The molecule has 0 aliphatic heterocycles. The van der Waals surface area contributed by atoms with E-state index in [0.29, 0.717) is 5.02 Å². The standard InChI is InChI=1S/C19H21Cl2NS/c1-14(10-11-22(2)3)15-5-8-18(9-6-15)23-13-16-4-7-17(20)12-19(16)21/h4-10,12H,11,13H2,1-3H3. The molecule has 0 saturated carbocycles. The first-order valence-corrected chi connectivity index (χ1v) is 9.18. The molecular formula is C19H21Cl2NS. The number of halogens is 2. The molecule has 0 amide bonds. The summed E-state index contributed by atoms with van der Waals surface area (Å²) in [5, 5.41) is 1.40. The average molecular weight is 366 g/mol. The van der Waals surface area contributed by atoms with Gasteiger partial charge in [-0.2, -0.15) is 0 Å². The van der Waals surface area contributed by atoms with Gasteiger partial charge in [-0.15, -0.1) is 11.8 Å². The van der Waals surface area contributed by atoms with E-state index in [9.17, 15) is 0 Å². The minimum atomic E-state index is 0.674. The zero-order valence-corrected chi connectivity index (χ0v) is 16.0. The van der Waals surface area contributed by atoms with Gasteiger partial charge in [0.25, 0.3) is 0 Å². The summed E-state index contributed by atoms with van der Waals surface area (Å²) in [5.41, 5.74) is 3.67. The Kier molecular flexibility index (Phi) is 7.04. The van der Waals surface area contributed by atoms with Gasteiger partial charge in [-0.05, 0) is 62.0 Å². The second-order valence-corrected chi connectivity index (χ2v) is 7.59. The van der Waals surface area contributed by atoms with Crippen LogP contribution in [0, 0.1) is 0 Å². The van der Waals surface area contributed by atoms with Gasteiger partial charge in [0.2, 0.25) is 0 Å². The van der Waals surface area contributed by atoms with Crippen molar-refractivity contribution >= 4 is 40.5 Å². The van der Waals surface area contributed by atoms with E-state index in [1.165, 1.54) is 16.0 Å². The lowest BCUT2D eigenvalue weighted by molar-refractivity contribution is 0.457. The van der Waals surface area contributed by atoms with Crippen LogP contribution in [0.3, 0.4) is 0 Å². The van der Waals surface area contributed by atoms with Crippen molar-refractivity contribution in [3.63, 3.8) is 0 Å². The number of rotatable bonds is 6. The van der Waals surface area contributed by atoms with Crippen molar-refractivity contribution < 1.29 is 0 Å². The third-order valence-electron chi connectivity index (χ3n) is 3.48. The highest BCUT2D eigenvalue weighted by atomic mass is 35.5. The lowest BCUT2D eigenvalue weighted by Crippen LogP contribution is -2.10. The minimum absolute atomic E-state index is 0.674. The van der Waals surface area contributed by atoms with Gasteiger partial charge in [-0.25, -0.2) is 0 Å². The predicted octanol–water partition coefficient (Wildman–Crippen LogP) is 6.25. The molecule has 0 atom stereocenters. The Morgan fingerprint density at radius 3 is 2.39 bits per heavy atom. The van der Waals surface area contributed by atoms with Crippen molar-refractivity contribution in [2.24, 2.45) is 0 Å². The zero-order chi connectivity index (χ0) is 16.8. The number of hydrogen-bond acceptors (Lipinski definition) is 2. The Balaban J connectivity index is 1.98. The summed E-state index contributed by atoms with van der Waals surface area (Å²) in [5.74, 6) is 0.838. The first-order valence-electron chi connectivity index (χ1n) is 7.44. The quantitative estimate of drug-likeness (QED) is 0.556. The highest BCUT2D eigenvalue weighted by Crippen LogP contribution is 2.29. The molecule has 2 rings (SSSR count). The molecule has 0 saturated heterocycles. The van der Waals surface area contributed by atoms with E-state index in [1.807, 2.05) is 12.1 Å². The van der Waals surface area contributed by atoms with Crippen LogP contribution in [0.25, 0.3) is 5.57 Å². The summed E-state index contributed by atoms with van der Waals surface area (Å²) >= 11 is 13.9. The highest BCUT2D eigenvalue weighted by molar-refractivity contribution is 7.98. The van der Waals surface area contributed by atoms with Crippen LogP contribution in [0.4, 0.5) is 0 Å². The molecule has 1 nitrogen and oxygen atoms in total. The summed E-state index contributed by atoms with van der Waals surface area (Å²) < 4.78 is 0. The summed E-state index contributed by atoms with van der Waals surface area (Å²) in [6.45, 7) is 3.11. The Labute approximate surface area is 153 Å². The van der Waals surface area contributed by atoms with Crippen molar-refractivity contribution in [2.75, 3.05) is 20.6 Å². The maximum Gasteiger partial charge on any atom is 0.0461 e. The predicted molar refractivity (Wildman–Crippen MR) is 105 cm³/mol. The van der Waals surface area contributed by atoms with Crippen LogP contribution in [-0.2, 0) is 5.75 Å². The fourth-order valence-electron chi connectivity index (χ4n) is 2.05. The van der Waals surface area contributed by atoms with Crippen LogP contribution in [0.15, 0.2) is 53.4 Å². The molecule has 0 aliphatic rings. The lowest BCUT2D eigenvalue weighted by atomic mass is 10.1. The molecule has 0 radical (unpaired) electrons. The fraction of sp³-hybridized carbons (Fsp3) is 0.263. The molecule has 0 N–H and O–H groups in total. The van der Waals surface area contributed by atoms with E-state index in [2.05, 4.69) is 56.3 Å². The van der Waals surface area contributed by atoms with E-state index < -0.39 is 0 Å². The molecule has 2 aromatic rings. The second kappa shape index (κ2) is 8.79. The van der Waals surface area contributed by atoms with E-state index >= 15 is 0 Å². The van der Waals surface area contributed by atoms with Crippen molar-refractivity contribution in [3.8, 4) is 0 Å². The van der Waals surface area contributed by atoms with E-state index in [1.54, 1.807) is 17.8 Å². The summed E-state index contributed by atoms with van der Waals surface area (Å²) in [7, 11) is 4.15. The van der Waals surface area contributed by atoms with E-state index in [4.69, 9.17) is 23.2 Å². The monoisotopic (exact) mass is 365 g/mol. The molecule has 2 aromatic carbocycles. The molecule has 122 valence electrons. The average Bonchev–Trinajstić information content (AvgIpc) is 2.52. The molecular weight excluding hydrogens is 345 g/mol. The lowest BCUT2D eigenvalue weighted by Gasteiger charge is -2.08. The number of thioether (sulfide) groups is 1. The van der Waals surface area contributed by atoms with Crippen molar-refractivity contribution in [1.82, 2.24) is 4.90 Å². The van der Waals surface area contributed by atoms with Gasteiger partial charge >= 0.3 is 0 Å². The van der Waals surface area contributed by atoms with Crippen molar-refractivity contribution in [3.05, 3.63) is 69.7 Å². The van der Waals surface area contributed by atoms with Gasteiger partial charge < -0.3 is 4.90 Å². The Morgan fingerprint density at radius 2 is 1.78 bits per heavy atom. The highest BCUT2D eigenvalue weighted by Gasteiger charge is 2.03. The van der Waals surface area contributed by atoms with Gasteiger partial charge in [0.15, 0.2) is 0 Å². The Bertz CT molecular complexity index is 678. The smallest absolute Gasteiger partial charge is 0.0461 e. The fourth-order valence-corrected chi connectivity index (χ4v) is 3.51. The first-order chi connectivity index (χ1) is 11.0.